The predicted molar refractivity (Wildman–Crippen MR) is 66.2 cm³/mol. The number of anilines is 1. The topological polar surface area (TPSA) is 103 Å². The number of aromatic nitrogens is 3. The average molecular weight is 267 g/mol. The standard InChI is InChI=1S/C11H17N5O3/c1-19-11(18)9-10(12)16(14-13-9)7-8(17)15-5-3-2-4-6-15/h2-7,12H2,1H3. The molecule has 0 spiro atoms. The van der Waals surface area contributed by atoms with E-state index in [4.69, 9.17) is 5.73 Å². The monoisotopic (exact) mass is 267 g/mol. The molecular formula is C11H17N5O3. The first-order valence-electron chi connectivity index (χ1n) is 6.18. The van der Waals surface area contributed by atoms with Crippen LogP contribution in [-0.4, -0.2) is 52.0 Å². The molecule has 1 aromatic rings. The summed E-state index contributed by atoms with van der Waals surface area (Å²) in [6.07, 6.45) is 3.19. The van der Waals surface area contributed by atoms with Gasteiger partial charge in [0.1, 0.15) is 6.54 Å². The van der Waals surface area contributed by atoms with Crippen molar-refractivity contribution >= 4 is 17.7 Å². The summed E-state index contributed by atoms with van der Waals surface area (Å²) in [4.78, 5) is 25.1. The highest BCUT2D eigenvalue weighted by atomic mass is 16.5. The summed E-state index contributed by atoms with van der Waals surface area (Å²) in [6, 6.07) is 0. The number of nitrogens with two attached hydrogens (primary N) is 1. The van der Waals surface area contributed by atoms with E-state index in [1.165, 1.54) is 11.8 Å². The maximum atomic E-state index is 12.0. The lowest BCUT2D eigenvalue weighted by Crippen LogP contribution is -2.38. The fraction of sp³-hybridized carbons (Fsp3) is 0.636. The number of amides is 1. The molecule has 0 unspecified atom stereocenters. The molecule has 1 saturated heterocycles. The number of rotatable bonds is 3. The minimum atomic E-state index is -0.658. The van der Waals surface area contributed by atoms with Crippen molar-refractivity contribution in [2.24, 2.45) is 0 Å². The second kappa shape index (κ2) is 5.68. The van der Waals surface area contributed by atoms with Crippen molar-refractivity contribution in [1.29, 1.82) is 0 Å². The number of nitrogen functional groups attached to an aromatic ring is 1. The van der Waals surface area contributed by atoms with Gasteiger partial charge in [0.15, 0.2) is 5.82 Å². The van der Waals surface area contributed by atoms with E-state index in [0.29, 0.717) is 0 Å². The second-order valence-corrected chi connectivity index (χ2v) is 4.41. The van der Waals surface area contributed by atoms with Gasteiger partial charge in [0.2, 0.25) is 11.6 Å². The smallest absolute Gasteiger partial charge is 0.362 e. The van der Waals surface area contributed by atoms with Crippen LogP contribution in [0.3, 0.4) is 0 Å². The van der Waals surface area contributed by atoms with Gasteiger partial charge in [-0.15, -0.1) is 5.10 Å². The number of ether oxygens (including phenoxy) is 1. The lowest BCUT2D eigenvalue weighted by atomic mass is 10.1. The number of piperidine rings is 1. The number of likely N-dealkylation sites (tertiary alicyclic amines) is 1. The highest BCUT2D eigenvalue weighted by Gasteiger charge is 2.22. The number of esters is 1. The quantitative estimate of drug-likeness (QED) is 0.751. The molecule has 2 N–H and O–H groups in total. The van der Waals surface area contributed by atoms with E-state index in [1.807, 2.05) is 0 Å². The minimum Gasteiger partial charge on any atom is -0.464 e. The van der Waals surface area contributed by atoms with E-state index in [9.17, 15) is 9.59 Å². The van der Waals surface area contributed by atoms with Gasteiger partial charge in [0, 0.05) is 13.1 Å². The van der Waals surface area contributed by atoms with Crippen molar-refractivity contribution in [2.75, 3.05) is 25.9 Å². The van der Waals surface area contributed by atoms with E-state index in [0.717, 1.165) is 32.4 Å². The summed E-state index contributed by atoms with van der Waals surface area (Å²) >= 11 is 0. The fourth-order valence-electron chi connectivity index (χ4n) is 2.05. The SMILES string of the molecule is COC(=O)c1nnn(CC(=O)N2CCCCC2)c1N. The third kappa shape index (κ3) is 2.83. The van der Waals surface area contributed by atoms with E-state index in [-0.39, 0.29) is 24.0 Å². The molecule has 2 heterocycles. The van der Waals surface area contributed by atoms with Crippen LogP contribution >= 0.6 is 0 Å². The molecule has 19 heavy (non-hydrogen) atoms. The maximum absolute atomic E-state index is 12.0. The van der Waals surface area contributed by atoms with E-state index in [2.05, 4.69) is 15.0 Å². The minimum absolute atomic E-state index is 0.00414. The van der Waals surface area contributed by atoms with Crippen molar-refractivity contribution in [3.8, 4) is 0 Å². The Labute approximate surface area is 110 Å². The molecular weight excluding hydrogens is 250 g/mol. The number of hydrogen-bond donors (Lipinski definition) is 1. The van der Waals surface area contributed by atoms with E-state index in [1.54, 1.807) is 4.90 Å². The van der Waals surface area contributed by atoms with Crippen molar-refractivity contribution < 1.29 is 14.3 Å². The zero-order chi connectivity index (χ0) is 13.8. The molecule has 1 amide bonds. The van der Waals surface area contributed by atoms with Gasteiger partial charge >= 0.3 is 5.97 Å². The van der Waals surface area contributed by atoms with Crippen LogP contribution in [0.25, 0.3) is 0 Å². The summed E-state index contributed by atoms with van der Waals surface area (Å²) in [5.74, 6) is -0.668. The molecule has 8 nitrogen and oxygen atoms in total. The van der Waals surface area contributed by atoms with Gasteiger partial charge < -0.3 is 15.4 Å². The van der Waals surface area contributed by atoms with Crippen molar-refractivity contribution in [2.45, 2.75) is 25.8 Å². The first-order valence-corrected chi connectivity index (χ1v) is 6.18. The molecule has 0 bridgehead atoms. The molecule has 0 radical (unpaired) electrons. The molecule has 0 aliphatic carbocycles. The number of nitrogens with zero attached hydrogens (tertiary/aromatic N) is 4. The molecule has 2 rings (SSSR count). The molecule has 1 fully saturated rings. The van der Waals surface area contributed by atoms with Crippen LogP contribution in [0.2, 0.25) is 0 Å². The third-order valence-electron chi connectivity index (χ3n) is 3.15. The van der Waals surface area contributed by atoms with Gasteiger partial charge in [-0.05, 0) is 19.3 Å². The lowest BCUT2D eigenvalue weighted by molar-refractivity contribution is -0.132. The zero-order valence-corrected chi connectivity index (χ0v) is 10.8. The summed E-state index contributed by atoms with van der Waals surface area (Å²) < 4.78 is 5.75. The van der Waals surface area contributed by atoms with Gasteiger partial charge in [-0.2, -0.15) is 0 Å². The molecule has 1 aliphatic rings. The number of methoxy groups -OCH3 is 1. The van der Waals surface area contributed by atoms with Gasteiger partial charge in [0.25, 0.3) is 0 Å². The third-order valence-corrected chi connectivity index (χ3v) is 3.15. The van der Waals surface area contributed by atoms with Gasteiger partial charge in [-0.3, -0.25) is 4.79 Å². The normalized spacial score (nSPS) is 15.3. The molecule has 0 saturated carbocycles. The Bertz CT molecular complexity index is 479. The van der Waals surface area contributed by atoms with Crippen LogP contribution in [0.15, 0.2) is 0 Å². The first-order chi connectivity index (χ1) is 9.13. The average Bonchev–Trinajstić information content (AvgIpc) is 2.80. The molecule has 104 valence electrons. The molecule has 0 atom stereocenters. The van der Waals surface area contributed by atoms with E-state index >= 15 is 0 Å². The van der Waals surface area contributed by atoms with Crippen molar-refractivity contribution in [3.63, 3.8) is 0 Å². The molecule has 1 aromatic heterocycles. The zero-order valence-electron chi connectivity index (χ0n) is 10.8. The largest absolute Gasteiger partial charge is 0.464 e. The Balaban J connectivity index is 2.04. The van der Waals surface area contributed by atoms with E-state index < -0.39 is 5.97 Å². The number of carbonyl (C=O) groups excluding carboxylic acids is 2. The van der Waals surface area contributed by atoms with Gasteiger partial charge in [-0.1, -0.05) is 5.21 Å². The Morgan fingerprint density at radius 1 is 1.32 bits per heavy atom. The highest BCUT2D eigenvalue weighted by Crippen LogP contribution is 2.12. The second-order valence-electron chi connectivity index (χ2n) is 4.41. The fourth-order valence-corrected chi connectivity index (χ4v) is 2.05. The van der Waals surface area contributed by atoms with Crippen molar-refractivity contribution in [3.05, 3.63) is 5.69 Å². The van der Waals surface area contributed by atoms with Gasteiger partial charge in [-0.25, -0.2) is 9.48 Å². The Kier molecular flexibility index (Phi) is 3.98. The summed E-state index contributed by atoms with van der Waals surface area (Å²) in [5, 5.41) is 7.34. The predicted octanol–water partition coefficient (Wildman–Crippen LogP) is -0.341. The number of hydrogen-bond acceptors (Lipinski definition) is 6. The maximum Gasteiger partial charge on any atom is 0.362 e. The highest BCUT2D eigenvalue weighted by molar-refractivity contribution is 5.92. The first kappa shape index (κ1) is 13.3. The van der Waals surface area contributed by atoms with Gasteiger partial charge in [0.05, 0.1) is 7.11 Å². The van der Waals surface area contributed by atoms with Crippen LogP contribution < -0.4 is 5.73 Å². The van der Waals surface area contributed by atoms with Crippen LogP contribution in [-0.2, 0) is 16.1 Å². The molecule has 1 aliphatic heterocycles. The summed E-state index contributed by atoms with van der Waals surface area (Å²) in [7, 11) is 1.24. The lowest BCUT2D eigenvalue weighted by Gasteiger charge is -2.26. The van der Waals surface area contributed by atoms with Crippen LogP contribution in [0.5, 0.6) is 0 Å². The van der Waals surface area contributed by atoms with Crippen LogP contribution in [0, 0.1) is 0 Å². The van der Waals surface area contributed by atoms with Crippen LogP contribution in [0.4, 0.5) is 5.82 Å². The summed E-state index contributed by atoms with van der Waals surface area (Å²) in [5.41, 5.74) is 5.66. The Hall–Kier alpha value is -2.12. The Morgan fingerprint density at radius 2 is 2.00 bits per heavy atom. The molecule has 0 aromatic carbocycles. The number of carbonyl (C=O) groups is 2. The summed E-state index contributed by atoms with van der Waals surface area (Å²) in [6.45, 7) is 1.52. The Morgan fingerprint density at radius 3 is 2.63 bits per heavy atom. The molecule has 8 heteroatoms. The van der Waals surface area contributed by atoms with Crippen molar-refractivity contribution in [1.82, 2.24) is 19.9 Å². The van der Waals surface area contributed by atoms with Crippen LogP contribution in [0.1, 0.15) is 29.8 Å².